The summed E-state index contributed by atoms with van der Waals surface area (Å²) in [5, 5.41) is 11.0. The van der Waals surface area contributed by atoms with Crippen molar-refractivity contribution in [3.8, 4) is 0 Å². The van der Waals surface area contributed by atoms with Crippen molar-refractivity contribution in [2.24, 2.45) is 5.41 Å². The van der Waals surface area contributed by atoms with Gasteiger partial charge in [0.05, 0.1) is 16.9 Å². The zero-order chi connectivity index (χ0) is 16.4. The van der Waals surface area contributed by atoms with Gasteiger partial charge in [-0.15, -0.1) is 0 Å². The number of nitrogens with one attached hydrogen (secondary N) is 1. The molecule has 1 unspecified atom stereocenters. The molecule has 1 aliphatic rings. The Labute approximate surface area is 123 Å². The van der Waals surface area contributed by atoms with Crippen molar-refractivity contribution in [3.05, 3.63) is 0 Å². The van der Waals surface area contributed by atoms with E-state index < -0.39 is 39.2 Å². The van der Waals surface area contributed by atoms with Crippen LogP contribution in [0.1, 0.15) is 26.7 Å². The van der Waals surface area contributed by atoms with Gasteiger partial charge in [0.1, 0.15) is 0 Å². The standard InChI is InChI=1S/C12H20N2O6S/c1-12(2,10(16)17)6-9(15)13-11(18)14(3)8-4-5-21(19,20)7-8/h8H,4-7H2,1-3H3,(H,16,17)(H,13,15,18). The van der Waals surface area contributed by atoms with Crippen LogP contribution in [0.15, 0.2) is 0 Å². The molecule has 1 heterocycles. The Kier molecular flexibility index (Phi) is 4.98. The summed E-state index contributed by atoms with van der Waals surface area (Å²) in [6.45, 7) is 2.76. The first kappa shape index (κ1) is 17.4. The molecule has 1 atom stereocenters. The predicted octanol–water partition coefficient (Wildman–Crippen LogP) is -0.158. The van der Waals surface area contributed by atoms with Gasteiger partial charge in [-0.1, -0.05) is 0 Å². The maximum atomic E-state index is 11.9. The van der Waals surface area contributed by atoms with Crippen LogP contribution in [-0.4, -0.2) is 60.9 Å². The molecule has 0 aliphatic carbocycles. The largest absolute Gasteiger partial charge is 0.481 e. The van der Waals surface area contributed by atoms with Crippen LogP contribution in [0.4, 0.5) is 4.79 Å². The number of carbonyl (C=O) groups excluding carboxylic acids is 2. The van der Waals surface area contributed by atoms with Crippen molar-refractivity contribution in [3.63, 3.8) is 0 Å². The van der Waals surface area contributed by atoms with Crippen LogP contribution < -0.4 is 5.32 Å². The van der Waals surface area contributed by atoms with E-state index in [4.69, 9.17) is 5.11 Å². The molecule has 8 nitrogen and oxygen atoms in total. The highest BCUT2D eigenvalue weighted by atomic mass is 32.2. The van der Waals surface area contributed by atoms with Gasteiger partial charge in [-0.25, -0.2) is 13.2 Å². The summed E-state index contributed by atoms with van der Waals surface area (Å²) in [6, 6.07) is -1.18. The minimum Gasteiger partial charge on any atom is -0.481 e. The molecule has 0 radical (unpaired) electrons. The molecule has 1 aliphatic heterocycles. The first-order valence-corrected chi connectivity index (χ1v) is 8.27. The molecule has 0 spiro atoms. The van der Waals surface area contributed by atoms with Gasteiger partial charge in [0.15, 0.2) is 9.84 Å². The van der Waals surface area contributed by atoms with Crippen molar-refractivity contribution in [2.45, 2.75) is 32.7 Å². The molecule has 1 fully saturated rings. The molecule has 2 N–H and O–H groups in total. The van der Waals surface area contributed by atoms with E-state index >= 15 is 0 Å². The number of amides is 3. The van der Waals surface area contributed by atoms with Gasteiger partial charge >= 0.3 is 12.0 Å². The summed E-state index contributed by atoms with van der Waals surface area (Å²) in [4.78, 5) is 35.6. The minimum absolute atomic E-state index is 0.0231. The second kappa shape index (κ2) is 6.00. The average Bonchev–Trinajstić information content (AvgIpc) is 2.67. The first-order chi connectivity index (χ1) is 9.44. The van der Waals surface area contributed by atoms with Gasteiger partial charge < -0.3 is 10.0 Å². The van der Waals surface area contributed by atoms with Crippen LogP contribution in [0.5, 0.6) is 0 Å². The zero-order valence-electron chi connectivity index (χ0n) is 12.2. The fraction of sp³-hybridized carbons (Fsp3) is 0.750. The lowest BCUT2D eigenvalue weighted by atomic mass is 9.89. The topological polar surface area (TPSA) is 121 Å². The van der Waals surface area contributed by atoms with Crippen molar-refractivity contribution >= 4 is 27.7 Å². The fourth-order valence-electron chi connectivity index (χ4n) is 1.98. The molecule has 0 aromatic rings. The Morgan fingerprint density at radius 2 is 1.90 bits per heavy atom. The maximum Gasteiger partial charge on any atom is 0.324 e. The van der Waals surface area contributed by atoms with Crippen LogP contribution >= 0.6 is 0 Å². The SMILES string of the molecule is CN(C(=O)NC(=O)CC(C)(C)C(=O)O)C1CCS(=O)(=O)C1. The van der Waals surface area contributed by atoms with Crippen molar-refractivity contribution in [1.82, 2.24) is 10.2 Å². The van der Waals surface area contributed by atoms with Gasteiger partial charge in [0.2, 0.25) is 5.91 Å². The monoisotopic (exact) mass is 320 g/mol. The molecule has 1 saturated heterocycles. The number of sulfone groups is 1. The highest BCUT2D eigenvalue weighted by Crippen LogP contribution is 2.20. The smallest absolute Gasteiger partial charge is 0.324 e. The predicted molar refractivity (Wildman–Crippen MR) is 74.4 cm³/mol. The highest BCUT2D eigenvalue weighted by molar-refractivity contribution is 7.91. The van der Waals surface area contributed by atoms with Crippen LogP contribution in [0.3, 0.4) is 0 Å². The minimum atomic E-state index is -3.13. The molecule has 0 aromatic heterocycles. The van der Waals surface area contributed by atoms with Crippen molar-refractivity contribution in [1.29, 1.82) is 0 Å². The number of aliphatic carboxylic acids is 1. The van der Waals surface area contributed by atoms with E-state index in [-0.39, 0.29) is 17.9 Å². The van der Waals surface area contributed by atoms with Gasteiger partial charge in [-0.05, 0) is 20.3 Å². The summed E-state index contributed by atoms with van der Waals surface area (Å²) < 4.78 is 22.7. The van der Waals surface area contributed by atoms with Crippen LogP contribution in [0.25, 0.3) is 0 Å². The molecule has 0 aromatic carbocycles. The van der Waals surface area contributed by atoms with Crippen LogP contribution in [0, 0.1) is 5.41 Å². The van der Waals surface area contributed by atoms with E-state index in [0.29, 0.717) is 6.42 Å². The normalized spacial score (nSPS) is 20.8. The Morgan fingerprint density at radius 1 is 1.33 bits per heavy atom. The van der Waals surface area contributed by atoms with E-state index in [1.807, 2.05) is 0 Å². The summed E-state index contributed by atoms with van der Waals surface area (Å²) >= 11 is 0. The third-order valence-corrected chi connectivity index (χ3v) is 5.25. The Bertz CT molecular complexity index is 554. The quantitative estimate of drug-likeness (QED) is 0.742. The molecule has 3 amide bonds. The lowest BCUT2D eigenvalue weighted by molar-refractivity contribution is -0.149. The van der Waals surface area contributed by atoms with Crippen LogP contribution in [-0.2, 0) is 19.4 Å². The molecule has 21 heavy (non-hydrogen) atoms. The van der Waals surface area contributed by atoms with Gasteiger partial charge in [0.25, 0.3) is 0 Å². The van der Waals surface area contributed by atoms with E-state index in [0.717, 1.165) is 0 Å². The summed E-state index contributed by atoms with van der Waals surface area (Å²) in [5.74, 6) is -1.94. The first-order valence-electron chi connectivity index (χ1n) is 6.45. The van der Waals surface area contributed by atoms with E-state index in [9.17, 15) is 22.8 Å². The summed E-state index contributed by atoms with van der Waals surface area (Å²) in [7, 11) is -1.71. The van der Waals surface area contributed by atoms with E-state index in [1.54, 1.807) is 0 Å². The number of carboxylic acids is 1. The molecule has 9 heteroatoms. The molecule has 120 valence electrons. The van der Waals surface area contributed by atoms with Gasteiger partial charge in [-0.3, -0.25) is 14.9 Å². The summed E-state index contributed by atoms with van der Waals surface area (Å²) in [5.41, 5.74) is -1.28. The molecule has 0 bridgehead atoms. The fourth-order valence-corrected chi connectivity index (χ4v) is 3.75. The van der Waals surface area contributed by atoms with E-state index in [2.05, 4.69) is 5.32 Å². The zero-order valence-corrected chi connectivity index (χ0v) is 13.1. The lowest BCUT2D eigenvalue weighted by Crippen LogP contribution is -2.47. The number of imide groups is 1. The lowest BCUT2D eigenvalue weighted by Gasteiger charge is -2.24. The number of nitrogens with zero attached hydrogens (tertiary/aromatic N) is 1. The van der Waals surface area contributed by atoms with Crippen LogP contribution in [0.2, 0.25) is 0 Å². The Morgan fingerprint density at radius 3 is 2.33 bits per heavy atom. The van der Waals surface area contributed by atoms with Gasteiger partial charge in [0, 0.05) is 19.5 Å². The molecule has 0 saturated carbocycles. The third-order valence-electron chi connectivity index (χ3n) is 3.50. The molecule has 1 rings (SSSR count). The number of rotatable bonds is 4. The van der Waals surface area contributed by atoms with E-state index in [1.165, 1.54) is 25.8 Å². The third kappa shape index (κ3) is 4.69. The summed E-state index contributed by atoms with van der Waals surface area (Å²) in [6.07, 6.45) is -0.00799. The van der Waals surface area contributed by atoms with Crippen molar-refractivity contribution < 1.29 is 27.9 Å². The second-order valence-corrected chi connectivity index (χ2v) is 8.12. The average molecular weight is 320 g/mol. The number of carbonyl (C=O) groups is 3. The number of hydrogen-bond donors (Lipinski definition) is 2. The number of carboxylic acid groups (broad SMARTS) is 1. The van der Waals surface area contributed by atoms with Gasteiger partial charge in [-0.2, -0.15) is 0 Å². The molecular formula is C12H20N2O6S. The molecular weight excluding hydrogens is 300 g/mol. The Balaban J connectivity index is 2.57. The Hall–Kier alpha value is -1.64. The highest BCUT2D eigenvalue weighted by Gasteiger charge is 2.34. The maximum absolute atomic E-state index is 11.9. The number of hydrogen-bond acceptors (Lipinski definition) is 5. The second-order valence-electron chi connectivity index (χ2n) is 5.89. The van der Waals surface area contributed by atoms with Crippen molar-refractivity contribution in [2.75, 3.05) is 18.6 Å². The number of urea groups is 1.